The van der Waals surface area contributed by atoms with Crippen LogP contribution in [0.15, 0.2) is 42.5 Å². The second kappa shape index (κ2) is 5.05. The number of nitrogens with two attached hydrogens (primary N) is 1. The Morgan fingerprint density at radius 2 is 1.91 bits per heavy atom. The van der Waals surface area contributed by atoms with Crippen molar-refractivity contribution in [2.75, 3.05) is 10.6 Å². The summed E-state index contributed by atoms with van der Waals surface area (Å²) in [6.45, 7) is 6.14. The number of ether oxygens (including phenoxy) is 1. The second-order valence-corrected chi connectivity index (χ2v) is 6.16. The highest BCUT2D eigenvalue weighted by Gasteiger charge is 2.40. The molecular formula is C18H20N2O2. The van der Waals surface area contributed by atoms with Crippen LogP contribution in [0.3, 0.4) is 0 Å². The van der Waals surface area contributed by atoms with E-state index in [-0.39, 0.29) is 5.91 Å². The summed E-state index contributed by atoms with van der Waals surface area (Å²) in [5, 5.41) is 0. The molecule has 1 heterocycles. The molecule has 1 aliphatic rings. The van der Waals surface area contributed by atoms with Gasteiger partial charge < -0.3 is 15.4 Å². The smallest absolute Gasteiger partial charge is 0.271 e. The Labute approximate surface area is 130 Å². The fraction of sp³-hybridized carbons (Fsp3) is 0.278. The van der Waals surface area contributed by atoms with Gasteiger partial charge in [0.25, 0.3) is 5.91 Å². The van der Waals surface area contributed by atoms with Gasteiger partial charge in [0.2, 0.25) is 0 Å². The van der Waals surface area contributed by atoms with E-state index in [1.807, 2.05) is 37.3 Å². The number of amides is 1. The third kappa shape index (κ3) is 2.41. The molecule has 1 amide bonds. The van der Waals surface area contributed by atoms with Crippen LogP contribution in [-0.4, -0.2) is 11.5 Å². The number of nitrogen functional groups attached to an aromatic ring is 1. The number of nitrogens with zero attached hydrogens (tertiary/aromatic N) is 1. The molecule has 2 N–H and O–H groups in total. The summed E-state index contributed by atoms with van der Waals surface area (Å²) in [5.41, 5.74) is 8.62. The van der Waals surface area contributed by atoms with Crippen LogP contribution in [-0.2, 0) is 11.3 Å². The zero-order valence-electron chi connectivity index (χ0n) is 13.1. The van der Waals surface area contributed by atoms with Crippen molar-refractivity contribution in [2.45, 2.75) is 32.9 Å². The molecule has 0 fully saturated rings. The summed E-state index contributed by atoms with van der Waals surface area (Å²) >= 11 is 0. The lowest BCUT2D eigenvalue weighted by Gasteiger charge is -2.39. The Bertz CT molecular complexity index is 738. The van der Waals surface area contributed by atoms with E-state index in [0.29, 0.717) is 18.0 Å². The van der Waals surface area contributed by atoms with Crippen molar-refractivity contribution in [3.8, 4) is 5.75 Å². The molecule has 0 spiro atoms. The third-order valence-corrected chi connectivity index (χ3v) is 3.99. The molecule has 4 heteroatoms. The molecule has 0 saturated carbocycles. The molecule has 4 nitrogen and oxygen atoms in total. The van der Waals surface area contributed by atoms with Crippen molar-refractivity contribution in [2.24, 2.45) is 0 Å². The minimum atomic E-state index is -0.883. The normalized spacial score (nSPS) is 16.1. The Morgan fingerprint density at radius 3 is 2.64 bits per heavy atom. The average Bonchev–Trinajstić information content (AvgIpc) is 2.46. The van der Waals surface area contributed by atoms with Crippen LogP contribution in [0.5, 0.6) is 5.75 Å². The van der Waals surface area contributed by atoms with Gasteiger partial charge in [0.05, 0.1) is 12.2 Å². The first kappa shape index (κ1) is 14.4. The Kier molecular flexibility index (Phi) is 3.32. The number of hydrogen-bond acceptors (Lipinski definition) is 3. The predicted molar refractivity (Wildman–Crippen MR) is 87.9 cm³/mol. The van der Waals surface area contributed by atoms with Gasteiger partial charge in [-0.3, -0.25) is 4.79 Å². The molecule has 1 aliphatic heterocycles. The summed E-state index contributed by atoms with van der Waals surface area (Å²) in [6.07, 6.45) is 0. The maximum Gasteiger partial charge on any atom is 0.271 e. The predicted octanol–water partition coefficient (Wildman–Crippen LogP) is 3.28. The highest BCUT2D eigenvalue weighted by molar-refractivity contribution is 6.02. The molecule has 2 aromatic carbocycles. The van der Waals surface area contributed by atoms with Gasteiger partial charge in [-0.05, 0) is 50.1 Å². The summed E-state index contributed by atoms with van der Waals surface area (Å²) in [4.78, 5) is 14.6. The first-order valence-electron chi connectivity index (χ1n) is 7.33. The third-order valence-electron chi connectivity index (χ3n) is 3.99. The molecule has 0 aromatic heterocycles. The first-order valence-corrected chi connectivity index (χ1v) is 7.33. The lowest BCUT2D eigenvalue weighted by Crippen LogP contribution is -2.52. The molecule has 0 atom stereocenters. The van der Waals surface area contributed by atoms with Crippen LogP contribution in [0.25, 0.3) is 0 Å². The van der Waals surface area contributed by atoms with Gasteiger partial charge in [-0.15, -0.1) is 0 Å². The van der Waals surface area contributed by atoms with Gasteiger partial charge in [-0.25, -0.2) is 0 Å². The largest absolute Gasteiger partial charge is 0.476 e. The number of anilines is 2. The molecule has 22 heavy (non-hydrogen) atoms. The zero-order valence-corrected chi connectivity index (χ0v) is 13.1. The van der Waals surface area contributed by atoms with Crippen molar-refractivity contribution in [3.05, 3.63) is 53.6 Å². The number of rotatable bonds is 2. The van der Waals surface area contributed by atoms with Crippen LogP contribution in [0.2, 0.25) is 0 Å². The average molecular weight is 296 g/mol. The van der Waals surface area contributed by atoms with Gasteiger partial charge in [-0.2, -0.15) is 0 Å². The highest BCUT2D eigenvalue weighted by Crippen LogP contribution is 2.39. The fourth-order valence-corrected chi connectivity index (χ4v) is 2.70. The van der Waals surface area contributed by atoms with Gasteiger partial charge in [0, 0.05) is 5.69 Å². The lowest BCUT2D eigenvalue weighted by atomic mass is 10.0. The number of fused-ring (bicyclic) bond motifs is 1. The molecule has 0 saturated heterocycles. The minimum Gasteiger partial charge on any atom is -0.476 e. The molecular weight excluding hydrogens is 276 g/mol. The monoisotopic (exact) mass is 296 g/mol. The molecule has 0 unspecified atom stereocenters. The minimum absolute atomic E-state index is 0.0612. The van der Waals surface area contributed by atoms with E-state index in [1.165, 1.54) is 0 Å². The molecule has 0 radical (unpaired) electrons. The fourth-order valence-electron chi connectivity index (χ4n) is 2.70. The van der Waals surface area contributed by atoms with Crippen molar-refractivity contribution in [1.82, 2.24) is 0 Å². The van der Waals surface area contributed by atoms with E-state index in [4.69, 9.17) is 10.5 Å². The second-order valence-electron chi connectivity index (χ2n) is 6.16. The number of hydrogen-bond donors (Lipinski definition) is 1. The SMILES string of the molecule is Cc1ccccc1CN1C(=O)C(C)(C)Oc2ccc(N)cc21. The maximum absolute atomic E-state index is 12.8. The molecule has 3 rings (SSSR count). The van der Waals surface area contributed by atoms with Gasteiger partial charge in [0.15, 0.2) is 5.60 Å². The quantitative estimate of drug-likeness (QED) is 0.865. The summed E-state index contributed by atoms with van der Waals surface area (Å²) < 4.78 is 5.84. The topological polar surface area (TPSA) is 55.6 Å². The molecule has 0 aliphatic carbocycles. The van der Waals surface area contributed by atoms with E-state index in [0.717, 1.165) is 16.8 Å². The number of carbonyl (C=O) groups is 1. The molecule has 2 aromatic rings. The van der Waals surface area contributed by atoms with E-state index in [9.17, 15) is 4.79 Å². The van der Waals surface area contributed by atoms with Crippen LogP contribution in [0, 0.1) is 6.92 Å². The number of benzene rings is 2. The van der Waals surface area contributed by atoms with E-state index < -0.39 is 5.60 Å². The van der Waals surface area contributed by atoms with Gasteiger partial charge in [0.1, 0.15) is 5.75 Å². The summed E-state index contributed by atoms with van der Waals surface area (Å²) in [5.74, 6) is 0.626. The van der Waals surface area contributed by atoms with Crippen molar-refractivity contribution < 1.29 is 9.53 Å². The van der Waals surface area contributed by atoms with E-state index in [1.54, 1.807) is 30.9 Å². The summed E-state index contributed by atoms with van der Waals surface area (Å²) in [7, 11) is 0. The maximum atomic E-state index is 12.8. The van der Waals surface area contributed by atoms with Crippen LogP contribution in [0.4, 0.5) is 11.4 Å². The van der Waals surface area contributed by atoms with Crippen molar-refractivity contribution in [1.29, 1.82) is 0 Å². The lowest BCUT2D eigenvalue weighted by molar-refractivity contribution is -0.132. The Balaban J connectivity index is 2.07. The molecule has 0 bridgehead atoms. The zero-order chi connectivity index (χ0) is 15.9. The van der Waals surface area contributed by atoms with Crippen LogP contribution >= 0.6 is 0 Å². The van der Waals surface area contributed by atoms with Crippen LogP contribution < -0.4 is 15.4 Å². The van der Waals surface area contributed by atoms with E-state index >= 15 is 0 Å². The summed E-state index contributed by atoms with van der Waals surface area (Å²) in [6, 6.07) is 13.5. The van der Waals surface area contributed by atoms with E-state index in [2.05, 4.69) is 0 Å². The van der Waals surface area contributed by atoms with Crippen molar-refractivity contribution >= 4 is 17.3 Å². The molecule has 114 valence electrons. The standard InChI is InChI=1S/C18H20N2O2/c1-12-6-4-5-7-13(12)11-20-15-10-14(19)8-9-16(15)22-18(2,3)17(20)21/h4-10H,11,19H2,1-3H3. The van der Waals surface area contributed by atoms with Gasteiger partial charge in [-0.1, -0.05) is 24.3 Å². The number of carbonyl (C=O) groups excluding carboxylic acids is 1. The Morgan fingerprint density at radius 1 is 1.18 bits per heavy atom. The highest BCUT2D eigenvalue weighted by atomic mass is 16.5. The van der Waals surface area contributed by atoms with Crippen LogP contribution in [0.1, 0.15) is 25.0 Å². The number of aryl methyl sites for hydroxylation is 1. The first-order chi connectivity index (χ1) is 10.4. The van der Waals surface area contributed by atoms with Gasteiger partial charge >= 0.3 is 0 Å². The Hall–Kier alpha value is -2.49. The van der Waals surface area contributed by atoms with Crippen molar-refractivity contribution in [3.63, 3.8) is 0 Å².